The molecule has 1 aromatic rings. The molecular weight excluding hydrogens is 274 g/mol. The second-order valence-corrected chi connectivity index (χ2v) is 6.09. The van der Waals surface area contributed by atoms with Gasteiger partial charge in [-0.1, -0.05) is 17.7 Å². The molecular formula is C15H20ClN3O. The molecule has 2 saturated heterocycles. The summed E-state index contributed by atoms with van der Waals surface area (Å²) in [5.74, 6) is 0.752. The lowest BCUT2D eigenvalue weighted by Crippen LogP contribution is -2.48. The molecule has 0 spiro atoms. The van der Waals surface area contributed by atoms with Crippen LogP contribution in [0.1, 0.15) is 12.8 Å². The normalized spacial score (nSPS) is 26.2. The van der Waals surface area contributed by atoms with Crippen molar-refractivity contribution in [1.29, 1.82) is 0 Å². The van der Waals surface area contributed by atoms with Gasteiger partial charge in [0.15, 0.2) is 0 Å². The Hall–Kier alpha value is -1.10. The number of benzene rings is 1. The Morgan fingerprint density at radius 3 is 3.20 bits per heavy atom. The first-order chi connectivity index (χ1) is 9.72. The molecule has 2 fully saturated rings. The maximum Gasteiger partial charge on any atom is 0.238 e. The van der Waals surface area contributed by atoms with Crippen molar-refractivity contribution in [2.24, 2.45) is 5.92 Å². The SMILES string of the molecule is O=C(CN1CCCC2CNCC21)Nc1cccc(Cl)c1. The Morgan fingerprint density at radius 2 is 2.35 bits per heavy atom. The van der Waals surface area contributed by atoms with Gasteiger partial charge < -0.3 is 10.6 Å². The van der Waals surface area contributed by atoms with Gasteiger partial charge in [0.25, 0.3) is 0 Å². The standard InChI is InChI=1S/C15H20ClN3O/c16-12-4-1-5-13(7-12)18-15(20)10-19-6-2-3-11-8-17-9-14(11)19/h1,4-5,7,11,14,17H,2-3,6,8-10H2,(H,18,20). The van der Waals surface area contributed by atoms with Crippen LogP contribution in [0.4, 0.5) is 5.69 Å². The fraction of sp³-hybridized carbons (Fsp3) is 0.533. The van der Waals surface area contributed by atoms with Gasteiger partial charge in [0.1, 0.15) is 0 Å². The predicted molar refractivity (Wildman–Crippen MR) is 81.0 cm³/mol. The van der Waals surface area contributed by atoms with E-state index in [1.165, 1.54) is 12.8 Å². The molecule has 1 aromatic carbocycles. The van der Waals surface area contributed by atoms with E-state index in [4.69, 9.17) is 11.6 Å². The summed E-state index contributed by atoms with van der Waals surface area (Å²) in [6.45, 7) is 3.59. The molecule has 0 aromatic heterocycles. The molecule has 2 atom stereocenters. The quantitative estimate of drug-likeness (QED) is 0.895. The lowest BCUT2D eigenvalue weighted by Gasteiger charge is -2.36. The summed E-state index contributed by atoms with van der Waals surface area (Å²) in [6.07, 6.45) is 2.47. The number of fused-ring (bicyclic) bond motifs is 1. The van der Waals surface area contributed by atoms with Gasteiger partial charge in [-0.15, -0.1) is 0 Å². The van der Waals surface area contributed by atoms with E-state index < -0.39 is 0 Å². The van der Waals surface area contributed by atoms with Crippen LogP contribution in [0.3, 0.4) is 0 Å². The number of carbonyl (C=O) groups excluding carboxylic acids is 1. The zero-order valence-corrected chi connectivity index (χ0v) is 12.2. The fourth-order valence-electron chi connectivity index (χ4n) is 3.31. The van der Waals surface area contributed by atoms with Crippen LogP contribution in [0.2, 0.25) is 5.02 Å². The monoisotopic (exact) mass is 293 g/mol. The number of hydrogen-bond donors (Lipinski definition) is 2. The molecule has 108 valence electrons. The molecule has 2 N–H and O–H groups in total. The van der Waals surface area contributed by atoms with Crippen molar-refractivity contribution in [2.45, 2.75) is 18.9 Å². The number of nitrogens with one attached hydrogen (secondary N) is 2. The van der Waals surface area contributed by atoms with Crippen LogP contribution in [0, 0.1) is 5.92 Å². The molecule has 4 nitrogen and oxygen atoms in total. The van der Waals surface area contributed by atoms with Crippen molar-refractivity contribution in [2.75, 3.05) is 31.5 Å². The second kappa shape index (κ2) is 6.12. The van der Waals surface area contributed by atoms with Crippen molar-refractivity contribution in [3.8, 4) is 0 Å². The van der Waals surface area contributed by atoms with E-state index in [9.17, 15) is 4.79 Å². The zero-order chi connectivity index (χ0) is 13.9. The number of anilines is 1. The minimum Gasteiger partial charge on any atom is -0.325 e. The molecule has 20 heavy (non-hydrogen) atoms. The fourth-order valence-corrected chi connectivity index (χ4v) is 3.50. The number of hydrogen-bond acceptors (Lipinski definition) is 3. The first-order valence-electron chi connectivity index (χ1n) is 7.22. The average Bonchev–Trinajstić information content (AvgIpc) is 2.88. The third-order valence-corrected chi connectivity index (χ3v) is 4.48. The highest BCUT2D eigenvalue weighted by molar-refractivity contribution is 6.30. The van der Waals surface area contributed by atoms with E-state index in [0.717, 1.165) is 25.3 Å². The summed E-state index contributed by atoms with van der Waals surface area (Å²) in [5, 5.41) is 7.00. The summed E-state index contributed by atoms with van der Waals surface area (Å²) in [7, 11) is 0. The number of halogens is 1. The third kappa shape index (κ3) is 3.14. The molecule has 2 heterocycles. The van der Waals surface area contributed by atoms with E-state index in [1.807, 2.05) is 12.1 Å². The number of likely N-dealkylation sites (tertiary alicyclic amines) is 1. The van der Waals surface area contributed by atoms with E-state index in [-0.39, 0.29) is 5.91 Å². The number of rotatable bonds is 3. The number of amides is 1. The maximum absolute atomic E-state index is 12.2. The highest BCUT2D eigenvalue weighted by atomic mass is 35.5. The molecule has 0 bridgehead atoms. The lowest BCUT2D eigenvalue weighted by molar-refractivity contribution is -0.118. The first kappa shape index (κ1) is 13.9. The van der Waals surface area contributed by atoms with E-state index in [2.05, 4.69) is 15.5 Å². The summed E-state index contributed by atoms with van der Waals surface area (Å²) in [6, 6.07) is 7.80. The van der Waals surface area contributed by atoms with Crippen LogP contribution in [-0.4, -0.2) is 43.0 Å². The summed E-state index contributed by atoms with van der Waals surface area (Å²) < 4.78 is 0. The van der Waals surface area contributed by atoms with Crippen LogP contribution < -0.4 is 10.6 Å². The minimum atomic E-state index is 0.0415. The number of piperidine rings is 1. The first-order valence-corrected chi connectivity index (χ1v) is 7.60. The summed E-state index contributed by atoms with van der Waals surface area (Å²) >= 11 is 5.92. The largest absolute Gasteiger partial charge is 0.325 e. The molecule has 0 radical (unpaired) electrons. The summed E-state index contributed by atoms with van der Waals surface area (Å²) in [5.41, 5.74) is 0.764. The van der Waals surface area contributed by atoms with E-state index >= 15 is 0 Å². The van der Waals surface area contributed by atoms with Crippen molar-refractivity contribution in [3.05, 3.63) is 29.3 Å². The molecule has 3 rings (SSSR count). The van der Waals surface area contributed by atoms with Gasteiger partial charge in [0, 0.05) is 23.3 Å². The average molecular weight is 294 g/mol. The Kier molecular flexibility index (Phi) is 4.24. The van der Waals surface area contributed by atoms with Crippen LogP contribution >= 0.6 is 11.6 Å². The summed E-state index contributed by atoms with van der Waals surface area (Å²) in [4.78, 5) is 14.5. The van der Waals surface area contributed by atoms with Crippen LogP contribution in [-0.2, 0) is 4.79 Å². The molecule has 0 saturated carbocycles. The second-order valence-electron chi connectivity index (χ2n) is 5.66. The smallest absolute Gasteiger partial charge is 0.238 e. The van der Waals surface area contributed by atoms with Crippen molar-refractivity contribution in [3.63, 3.8) is 0 Å². The van der Waals surface area contributed by atoms with Crippen molar-refractivity contribution >= 4 is 23.2 Å². The Bertz CT molecular complexity index is 494. The Balaban J connectivity index is 1.58. The van der Waals surface area contributed by atoms with Gasteiger partial charge >= 0.3 is 0 Å². The van der Waals surface area contributed by atoms with Gasteiger partial charge in [0.05, 0.1) is 6.54 Å². The van der Waals surface area contributed by atoms with E-state index in [1.54, 1.807) is 12.1 Å². The predicted octanol–water partition coefficient (Wildman–Crippen LogP) is 1.96. The molecule has 2 unspecified atom stereocenters. The van der Waals surface area contributed by atoms with Crippen LogP contribution in [0.5, 0.6) is 0 Å². The molecule has 1 amide bonds. The third-order valence-electron chi connectivity index (χ3n) is 4.25. The van der Waals surface area contributed by atoms with Crippen LogP contribution in [0.15, 0.2) is 24.3 Å². The molecule has 0 aliphatic carbocycles. The lowest BCUT2D eigenvalue weighted by atomic mass is 9.92. The van der Waals surface area contributed by atoms with Crippen LogP contribution in [0.25, 0.3) is 0 Å². The molecule has 2 aliphatic rings. The Labute approximate surface area is 124 Å². The van der Waals surface area contributed by atoms with Gasteiger partial charge in [-0.05, 0) is 50.0 Å². The van der Waals surface area contributed by atoms with Gasteiger partial charge in [-0.3, -0.25) is 9.69 Å². The van der Waals surface area contributed by atoms with Crippen molar-refractivity contribution < 1.29 is 4.79 Å². The van der Waals surface area contributed by atoms with E-state index in [0.29, 0.717) is 23.5 Å². The highest BCUT2D eigenvalue weighted by Gasteiger charge is 2.35. The highest BCUT2D eigenvalue weighted by Crippen LogP contribution is 2.26. The van der Waals surface area contributed by atoms with Gasteiger partial charge in [-0.2, -0.15) is 0 Å². The van der Waals surface area contributed by atoms with Crippen molar-refractivity contribution in [1.82, 2.24) is 10.2 Å². The molecule has 2 aliphatic heterocycles. The Morgan fingerprint density at radius 1 is 1.45 bits per heavy atom. The topological polar surface area (TPSA) is 44.4 Å². The maximum atomic E-state index is 12.2. The number of nitrogens with zero attached hydrogens (tertiary/aromatic N) is 1. The number of carbonyl (C=O) groups is 1. The minimum absolute atomic E-state index is 0.0415. The van der Waals surface area contributed by atoms with Gasteiger partial charge in [-0.25, -0.2) is 0 Å². The zero-order valence-electron chi connectivity index (χ0n) is 11.4. The molecule has 5 heteroatoms. The van der Waals surface area contributed by atoms with Gasteiger partial charge in [0.2, 0.25) is 5.91 Å².